The summed E-state index contributed by atoms with van der Waals surface area (Å²) in [6.45, 7) is 4.01. The van der Waals surface area contributed by atoms with Gasteiger partial charge in [0.1, 0.15) is 11.6 Å². The maximum Gasteiger partial charge on any atom is 0.274 e. The number of H-pyrrole nitrogens is 1. The van der Waals surface area contributed by atoms with Gasteiger partial charge in [0.25, 0.3) is 5.91 Å². The van der Waals surface area contributed by atoms with Gasteiger partial charge in [-0.05, 0) is 55.8 Å². The third kappa shape index (κ3) is 3.90. The topological polar surface area (TPSA) is 111 Å². The molecule has 2 heterocycles. The summed E-state index contributed by atoms with van der Waals surface area (Å²) < 4.78 is 6.80. The fourth-order valence-electron chi connectivity index (χ4n) is 3.04. The standard InChI is InChI=1S/C21H21N7O2/c1-13-5-4-6-16(11-13)28-14(2)19(25-27-28)21(29)22-12-18-23-20(26-24-18)15-7-9-17(30-3)10-8-15/h4-11H,12H2,1-3H3,(H,22,29)(H,23,24,26). The Labute approximate surface area is 173 Å². The van der Waals surface area contributed by atoms with Gasteiger partial charge in [0.2, 0.25) is 0 Å². The average Bonchev–Trinajstić information content (AvgIpc) is 3.39. The molecule has 9 nitrogen and oxygen atoms in total. The molecule has 9 heteroatoms. The number of aromatic amines is 1. The third-order valence-electron chi connectivity index (χ3n) is 4.65. The van der Waals surface area contributed by atoms with Crippen molar-refractivity contribution < 1.29 is 9.53 Å². The van der Waals surface area contributed by atoms with E-state index in [4.69, 9.17) is 4.74 Å². The maximum atomic E-state index is 12.6. The van der Waals surface area contributed by atoms with Crippen molar-refractivity contribution in [1.82, 2.24) is 35.5 Å². The number of benzene rings is 2. The second-order valence-corrected chi connectivity index (χ2v) is 6.79. The fraction of sp³-hybridized carbons (Fsp3) is 0.190. The third-order valence-corrected chi connectivity index (χ3v) is 4.65. The number of ether oxygens (including phenoxy) is 1. The largest absolute Gasteiger partial charge is 0.497 e. The van der Waals surface area contributed by atoms with Crippen LogP contribution >= 0.6 is 0 Å². The van der Waals surface area contributed by atoms with E-state index in [1.807, 2.05) is 62.4 Å². The Bertz CT molecular complexity index is 1180. The van der Waals surface area contributed by atoms with Crippen LogP contribution in [0.5, 0.6) is 5.75 Å². The molecule has 4 aromatic rings. The van der Waals surface area contributed by atoms with E-state index in [-0.39, 0.29) is 18.1 Å². The van der Waals surface area contributed by atoms with Gasteiger partial charge in [-0.25, -0.2) is 9.67 Å². The number of amides is 1. The lowest BCUT2D eigenvalue weighted by atomic mass is 10.2. The number of rotatable bonds is 6. The van der Waals surface area contributed by atoms with Crippen LogP contribution in [0.25, 0.3) is 17.1 Å². The molecule has 2 N–H and O–H groups in total. The van der Waals surface area contributed by atoms with Crippen LogP contribution in [-0.2, 0) is 6.54 Å². The van der Waals surface area contributed by atoms with Gasteiger partial charge in [0.05, 0.1) is 25.0 Å². The summed E-state index contributed by atoms with van der Waals surface area (Å²) in [7, 11) is 1.61. The van der Waals surface area contributed by atoms with Gasteiger partial charge in [-0.2, -0.15) is 5.10 Å². The van der Waals surface area contributed by atoms with Crippen LogP contribution in [0.1, 0.15) is 27.6 Å². The summed E-state index contributed by atoms with van der Waals surface area (Å²) in [6.07, 6.45) is 0. The van der Waals surface area contributed by atoms with Crippen LogP contribution in [-0.4, -0.2) is 43.2 Å². The Kier molecular flexibility index (Phi) is 5.25. The number of hydrogen-bond acceptors (Lipinski definition) is 6. The molecular weight excluding hydrogens is 382 g/mol. The van der Waals surface area contributed by atoms with Crippen molar-refractivity contribution in [2.24, 2.45) is 0 Å². The molecule has 0 atom stereocenters. The Morgan fingerprint density at radius 2 is 1.97 bits per heavy atom. The van der Waals surface area contributed by atoms with Gasteiger partial charge in [0.15, 0.2) is 11.5 Å². The van der Waals surface area contributed by atoms with Gasteiger partial charge < -0.3 is 10.1 Å². The smallest absolute Gasteiger partial charge is 0.274 e. The first-order valence-corrected chi connectivity index (χ1v) is 9.38. The van der Waals surface area contributed by atoms with E-state index in [9.17, 15) is 4.79 Å². The molecule has 0 bridgehead atoms. The molecule has 0 radical (unpaired) electrons. The van der Waals surface area contributed by atoms with E-state index in [0.717, 1.165) is 22.6 Å². The molecule has 152 valence electrons. The molecule has 0 fully saturated rings. The maximum absolute atomic E-state index is 12.6. The Balaban J connectivity index is 1.43. The zero-order valence-corrected chi connectivity index (χ0v) is 16.9. The molecule has 0 saturated carbocycles. The van der Waals surface area contributed by atoms with Gasteiger partial charge in [-0.3, -0.25) is 9.89 Å². The monoisotopic (exact) mass is 403 g/mol. The summed E-state index contributed by atoms with van der Waals surface area (Å²) in [5.41, 5.74) is 3.74. The Morgan fingerprint density at radius 1 is 1.17 bits per heavy atom. The zero-order valence-electron chi connectivity index (χ0n) is 16.9. The molecule has 2 aromatic heterocycles. The van der Waals surface area contributed by atoms with E-state index in [1.165, 1.54) is 0 Å². The molecule has 0 aliphatic rings. The molecule has 1 amide bonds. The van der Waals surface area contributed by atoms with Gasteiger partial charge in [0, 0.05) is 5.56 Å². The van der Waals surface area contributed by atoms with Crippen LogP contribution in [0.2, 0.25) is 0 Å². The number of aryl methyl sites for hydroxylation is 1. The van der Waals surface area contributed by atoms with Gasteiger partial charge >= 0.3 is 0 Å². The summed E-state index contributed by atoms with van der Waals surface area (Å²) in [5, 5.41) is 18.0. The quantitative estimate of drug-likeness (QED) is 0.512. The number of carbonyl (C=O) groups excluding carboxylic acids is 1. The highest BCUT2D eigenvalue weighted by atomic mass is 16.5. The highest BCUT2D eigenvalue weighted by molar-refractivity contribution is 5.93. The van der Waals surface area contributed by atoms with Crippen LogP contribution in [0.3, 0.4) is 0 Å². The average molecular weight is 403 g/mol. The molecule has 0 unspecified atom stereocenters. The highest BCUT2D eigenvalue weighted by Crippen LogP contribution is 2.19. The van der Waals surface area contributed by atoms with Crippen molar-refractivity contribution in [3.05, 3.63) is 71.3 Å². The predicted octanol–water partition coefficient (Wildman–Crippen LogP) is 2.61. The van der Waals surface area contributed by atoms with E-state index in [0.29, 0.717) is 17.3 Å². The summed E-state index contributed by atoms with van der Waals surface area (Å²) in [4.78, 5) is 17.0. The first kappa shape index (κ1) is 19.3. The van der Waals surface area contributed by atoms with Crippen LogP contribution < -0.4 is 10.1 Å². The second kappa shape index (κ2) is 8.16. The Hall–Kier alpha value is -4.01. The SMILES string of the molecule is COc1ccc(-c2n[nH]c(CNC(=O)c3nnn(-c4cccc(C)c4)c3C)n2)cc1. The first-order chi connectivity index (χ1) is 14.5. The molecule has 0 spiro atoms. The van der Waals surface area contributed by atoms with Crippen molar-refractivity contribution in [3.63, 3.8) is 0 Å². The van der Waals surface area contributed by atoms with Gasteiger partial charge in [-0.15, -0.1) is 5.10 Å². The molecular formula is C21H21N7O2. The van der Waals surface area contributed by atoms with E-state index in [2.05, 4.69) is 30.8 Å². The second-order valence-electron chi connectivity index (χ2n) is 6.79. The van der Waals surface area contributed by atoms with E-state index < -0.39 is 0 Å². The number of hydrogen-bond donors (Lipinski definition) is 2. The number of nitrogens with one attached hydrogen (secondary N) is 2. The van der Waals surface area contributed by atoms with E-state index >= 15 is 0 Å². The van der Waals surface area contributed by atoms with Crippen LogP contribution in [0, 0.1) is 13.8 Å². The van der Waals surface area contributed by atoms with Crippen molar-refractivity contribution in [2.45, 2.75) is 20.4 Å². The summed E-state index contributed by atoms with van der Waals surface area (Å²) in [5.74, 6) is 1.52. The lowest BCUT2D eigenvalue weighted by Crippen LogP contribution is -2.24. The van der Waals surface area contributed by atoms with Crippen molar-refractivity contribution >= 4 is 5.91 Å². The lowest BCUT2D eigenvalue weighted by Gasteiger charge is -2.05. The van der Waals surface area contributed by atoms with Crippen molar-refractivity contribution in [3.8, 4) is 22.8 Å². The zero-order chi connectivity index (χ0) is 21.1. The number of aromatic nitrogens is 6. The lowest BCUT2D eigenvalue weighted by molar-refractivity contribution is 0.0944. The minimum atomic E-state index is -0.325. The number of methoxy groups -OCH3 is 1. The van der Waals surface area contributed by atoms with E-state index in [1.54, 1.807) is 11.8 Å². The minimum absolute atomic E-state index is 0.193. The molecule has 30 heavy (non-hydrogen) atoms. The highest BCUT2D eigenvalue weighted by Gasteiger charge is 2.18. The van der Waals surface area contributed by atoms with Crippen LogP contribution in [0.15, 0.2) is 48.5 Å². The first-order valence-electron chi connectivity index (χ1n) is 9.38. The Morgan fingerprint density at radius 3 is 2.70 bits per heavy atom. The van der Waals surface area contributed by atoms with Crippen molar-refractivity contribution in [1.29, 1.82) is 0 Å². The fourth-order valence-corrected chi connectivity index (χ4v) is 3.04. The van der Waals surface area contributed by atoms with Crippen molar-refractivity contribution in [2.75, 3.05) is 7.11 Å². The molecule has 2 aromatic carbocycles. The predicted molar refractivity (Wildman–Crippen MR) is 110 cm³/mol. The summed E-state index contributed by atoms with van der Waals surface area (Å²) in [6, 6.07) is 15.3. The molecule has 0 aliphatic carbocycles. The molecule has 0 aliphatic heterocycles. The molecule has 0 saturated heterocycles. The number of carbonyl (C=O) groups is 1. The number of nitrogens with zero attached hydrogens (tertiary/aromatic N) is 5. The minimum Gasteiger partial charge on any atom is -0.497 e. The van der Waals surface area contributed by atoms with Crippen LogP contribution in [0.4, 0.5) is 0 Å². The van der Waals surface area contributed by atoms with Gasteiger partial charge in [-0.1, -0.05) is 17.3 Å². The normalized spacial score (nSPS) is 10.8. The molecule has 4 rings (SSSR count). The summed E-state index contributed by atoms with van der Waals surface area (Å²) >= 11 is 0.